The van der Waals surface area contributed by atoms with E-state index in [4.69, 9.17) is 4.74 Å². The van der Waals surface area contributed by atoms with Gasteiger partial charge in [0, 0.05) is 35.6 Å². The van der Waals surface area contributed by atoms with E-state index in [2.05, 4.69) is 21.7 Å². The highest BCUT2D eigenvalue weighted by Crippen LogP contribution is 2.32. The molecule has 0 spiro atoms. The van der Waals surface area contributed by atoms with Crippen LogP contribution in [-0.2, 0) is 4.79 Å². The fourth-order valence-corrected chi connectivity index (χ4v) is 3.42. The van der Waals surface area contributed by atoms with E-state index in [0.29, 0.717) is 34.7 Å². The third kappa shape index (κ3) is 6.22. The minimum Gasteiger partial charge on any atom is -0.457 e. The van der Waals surface area contributed by atoms with Crippen LogP contribution in [0.5, 0.6) is 11.5 Å². The van der Waals surface area contributed by atoms with Crippen LogP contribution in [-0.4, -0.2) is 36.4 Å². The third-order valence-electron chi connectivity index (χ3n) is 5.10. The number of hydrogen-bond donors (Lipinski definition) is 2. The molecule has 0 saturated carbocycles. The predicted molar refractivity (Wildman–Crippen MR) is 139 cm³/mol. The Morgan fingerprint density at radius 2 is 1.74 bits per heavy atom. The van der Waals surface area contributed by atoms with Crippen molar-refractivity contribution in [2.45, 2.75) is 0 Å². The number of nitriles is 1. The third-order valence-corrected chi connectivity index (χ3v) is 5.10. The number of amides is 1. The number of nitrogens with one attached hydrogen (secondary N) is 2. The Kier molecular flexibility index (Phi) is 7.36. The minimum absolute atomic E-state index is 0.223. The fourth-order valence-electron chi connectivity index (χ4n) is 3.42. The molecular formula is C28H25N5O2. The summed E-state index contributed by atoms with van der Waals surface area (Å²) in [5.41, 5.74) is 3.13. The number of para-hydroxylation sites is 1. The first-order valence-corrected chi connectivity index (χ1v) is 11.1. The van der Waals surface area contributed by atoms with Crippen LogP contribution in [0.2, 0.25) is 0 Å². The van der Waals surface area contributed by atoms with Crippen molar-refractivity contribution in [3.05, 3.63) is 96.7 Å². The number of ether oxygens (including phenoxy) is 1. The van der Waals surface area contributed by atoms with Gasteiger partial charge in [0.25, 0.3) is 0 Å². The lowest BCUT2D eigenvalue weighted by molar-refractivity contribution is -0.111. The number of fused-ring (bicyclic) bond motifs is 1. The van der Waals surface area contributed by atoms with Crippen LogP contribution < -0.4 is 15.4 Å². The van der Waals surface area contributed by atoms with Crippen LogP contribution in [0.3, 0.4) is 0 Å². The summed E-state index contributed by atoms with van der Waals surface area (Å²) in [4.78, 5) is 18.6. The van der Waals surface area contributed by atoms with Gasteiger partial charge in [-0.05, 0) is 68.7 Å². The number of benzene rings is 3. The number of nitrogens with zero attached hydrogens (tertiary/aromatic N) is 3. The van der Waals surface area contributed by atoms with Crippen molar-refractivity contribution in [1.82, 2.24) is 9.88 Å². The van der Waals surface area contributed by atoms with Gasteiger partial charge in [0.1, 0.15) is 17.6 Å². The molecule has 3 aromatic carbocycles. The van der Waals surface area contributed by atoms with Gasteiger partial charge in [-0.25, -0.2) is 0 Å². The monoisotopic (exact) mass is 463 g/mol. The number of carbonyl (C=O) groups excluding carboxylic acids is 1. The number of anilines is 3. The summed E-state index contributed by atoms with van der Waals surface area (Å²) in [6.45, 7) is 0.670. The lowest BCUT2D eigenvalue weighted by Crippen LogP contribution is -2.12. The highest BCUT2D eigenvalue weighted by atomic mass is 16.5. The molecule has 0 aliphatic carbocycles. The molecule has 7 heteroatoms. The number of aromatic nitrogens is 1. The van der Waals surface area contributed by atoms with E-state index < -0.39 is 0 Å². The molecule has 0 bridgehead atoms. The lowest BCUT2D eigenvalue weighted by atomic mass is 10.1. The van der Waals surface area contributed by atoms with Gasteiger partial charge in [0.2, 0.25) is 5.91 Å². The number of carbonyl (C=O) groups is 1. The van der Waals surface area contributed by atoms with E-state index in [1.165, 1.54) is 6.08 Å². The predicted octanol–water partition coefficient (Wildman–Crippen LogP) is 5.70. The topological polar surface area (TPSA) is 90.3 Å². The van der Waals surface area contributed by atoms with Crippen molar-refractivity contribution in [3.8, 4) is 17.6 Å². The summed E-state index contributed by atoms with van der Waals surface area (Å²) < 4.78 is 5.85. The number of hydrogen-bond acceptors (Lipinski definition) is 6. The molecule has 0 radical (unpaired) electrons. The Bertz CT molecular complexity index is 1390. The molecule has 0 unspecified atom stereocenters. The fraction of sp³-hybridized carbons (Fsp3) is 0.107. The van der Waals surface area contributed by atoms with Crippen molar-refractivity contribution >= 4 is 33.9 Å². The molecule has 0 aliphatic rings. The molecular weight excluding hydrogens is 438 g/mol. The standard InChI is InChI=1S/C28H25N5O2/c1-33(2)16-6-9-27(34)31-22-12-15-26-25(17-22)28(20(18-29)19-30-26)32-21-10-13-24(14-11-21)35-23-7-4-3-5-8-23/h3-15,17,19H,16H2,1-2H3,(H,30,32)(H,31,34)/b9-6+. The van der Waals surface area contributed by atoms with Crippen LogP contribution in [0.15, 0.2) is 91.1 Å². The van der Waals surface area contributed by atoms with Gasteiger partial charge in [-0.2, -0.15) is 5.26 Å². The van der Waals surface area contributed by atoms with Crippen molar-refractivity contribution in [2.75, 3.05) is 31.3 Å². The SMILES string of the molecule is CN(C)C/C=C/C(=O)Nc1ccc2ncc(C#N)c(Nc3ccc(Oc4ccccc4)cc3)c2c1. The first-order valence-electron chi connectivity index (χ1n) is 11.1. The zero-order chi connectivity index (χ0) is 24.6. The normalized spacial score (nSPS) is 10.9. The van der Waals surface area contributed by atoms with Crippen LogP contribution in [0.4, 0.5) is 17.1 Å². The van der Waals surface area contributed by atoms with Crippen LogP contribution in [0, 0.1) is 11.3 Å². The summed E-state index contributed by atoms with van der Waals surface area (Å²) in [7, 11) is 3.87. The summed E-state index contributed by atoms with van der Waals surface area (Å²) >= 11 is 0. The van der Waals surface area contributed by atoms with Crippen LogP contribution >= 0.6 is 0 Å². The molecule has 4 aromatic rings. The average molecular weight is 464 g/mol. The van der Waals surface area contributed by atoms with Gasteiger partial charge >= 0.3 is 0 Å². The van der Waals surface area contributed by atoms with Gasteiger partial charge in [-0.15, -0.1) is 0 Å². The zero-order valence-electron chi connectivity index (χ0n) is 19.5. The van der Waals surface area contributed by atoms with E-state index in [1.807, 2.05) is 85.7 Å². The molecule has 2 N–H and O–H groups in total. The van der Waals surface area contributed by atoms with E-state index in [1.54, 1.807) is 18.3 Å². The highest BCUT2D eigenvalue weighted by molar-refractivity contribution is 6.03. The zero-order valence-corrected chi connectivity index (χ0v) is 19.5. The highest BCUT2D eigenvalue weighted by Gasteiger charge is 2.11. The first-order chi connectivity index (χ1) is 17.0. The second-order valence-corrected chi connectivity index (χ2v) is 8.11. The van der Waals surface area contributed by atoms with Crippen molar-refractivity contribution in [3.63, 3.8) is 0 Å². The summed E-state index contributed by atoms with van der Waals surface area (Å²) in [5, 5.41) is 16.6. The molecule has 0 atom stereocenters. The maximum absolute atomic E-state index is 12.3. The second-order valence-electron chi connectivity index (χ2n) is 8.11. The van der Waals surface area contributed by atoms with Gasteiger partial charge in [-0.3, -0.25) is 9.78 Å². The minimum atomic E-state index is -0.223. The largest absolute Gasteiger partial charge is 0.457 e. The molecule has 0 saturated heterocycles. The van der Waals surface area contributed by atoms with Crippen LogP contribution in [0.25, 0.3) is 10.9 Å². The number of likely N-dealkylation sites (N-methyl/N-ethyl adjacent to an activating group) is 1. The summed E-state index contributed by atoms with van der Waals surface area (Å²) in [5.74, 6) is 1.24. The molecule has 35 heavy (non-hydrogen) atoms. The molecule has 7 nitrogen and oxygen atoms in total. The Labute approximate surface area is 204 Å². The average Bonchev–Trinajstić information content (AvgIpc) is 2.86. The van der Waals surface area contributed by atoms with Gasteiger partial charge in [-0.1, -0.05) is 24.3 Å². The van der Waals surface area contributed by atoms with Crippen LogP contribution in [0.1, 0.15) is 5.56 Å². The van der Waals surface area contributed by atoms with E-state index in [0.717, 1.165) is 16.8 Å². The van der Waals surface area contributed by atoms with Crippen molar-refractivity contribution in [2.24, 2.45) is 0 Å². The Morgan fingerprint density at radius 3 is 2.46 bits per heavy atom. The number of pyridine rings is 1. The maximum atomic E-state index is 12.3. The maximum Gasteiger partial charge on any atom is 0.248 e. The lowest BCUT2D eigenvalue weighted by Gasteiger charge is -2.13. The molecule has 1 amide bonds. The number of rotatable bonds is 8. The van der Waals surface area contributed by atoms with E-state index in [9.17, 15) is 10.1 Å². The quantitative estimate of drug-likeness (QED) is 0.326. The van der Waals surface area contributed by atoms with Crippen molar-refractivity contribution < 1.29 is 9.53 Å². The molecule has 1 heterocycles. The van der Waals surface area contributed by atoms with E-state index in [-0.39, 0.29) is 5.91 Å². The van der Waals surface area contributed by atoms with Crippen molar-refractivity contribution in [1.29, 1.82) is 5.26 Å². The first kappa shape index (κ1) is 23.5. The van der Waals surface area contributed by atoms with Gasteiger partial charge < -0.3 is 20.3 Å². The molecule has 174 valence electrons. The van der Waals surface area contributed by atoms with E-state index >= 15 is 0 Å². The molecule has 0 fully saturated rings. The second kappa shape index (κ2) is 11.0. The molecule has 0 aliphatic heterocycles. The Hall–Kier alpha value is -4.67. The molecule has 4 rings (SSSR count). The Morgan fingerprint density at radius 1 is 1.03 bits per heavy atom. The molecule has 1 aromatic heterocycles. The smallest absolute Gasteiger partial charge is 0.248 e. The van der Waals surface area contributed by atoms with Gasteiger partial charge in [0.05, 0.1) is 16.8 Å². The summed E-state index contributed by atoms with van der Waals surface area (Å²) in [6.07, 6.45) is 4.84. The van der Waals surface area contributed by atoms with Gasteiger partial charge in [0.15, 0.2) is 0 Å². The summed E-state index contributed by atoms with van der Waals surface area (Å²) in [6, 6.07) is 24.7. The Balaban J connectivity index is 1.57.